The Kier molecular flexibility index (Phi) is 3.65. The standard InChI is InChI=1S/C15H24OS/c1-4-12-5-6-13(17-12)11-15(16)9-7-14(2,3)8-10-15/h5-6,16H,4,7-11H2,1-3H3. The average Bonchev–Trinajstić information content (AvgIpc) is 2.71. The Hall–Kier alpha value is -0.340. The Labute approximate surface area is 109 Å². The minimum absolute atomic E-state index is 0.427. The quantitative estimate of drug-likeness (QED) is 0.855. The molecule has 0 radical (unpaired) electrons. The first-order valence-electron chi connectivity index (χ1n) is 6.72. The predicted octanol–water partition coefficient (Wildman–Crippen LogP) is 4.18. The summed E-state index contributed by atoms with van der Waals surface area (Å²) in [6, 6.07) is 4.40. The lowest BCUT2D eigenvalue weighted by Crippen LogP contribution is -2.38. The summed E-state index contributed by atoms with van der Waals surface area (Å²) < 4.78 is 0. The molecule has 1 aliphatic rings. The third kappa shape index (κ3) is 3.32. The molecule has 1 aromatic rings. The zero-order valence-corrected chi connectivity index (χ0v) is 12.1. The molecule has 0 aromatic carbocycles. The van der Waals surface area contributed by atoms with Crippen LogP contribution < -0.4 is 0 Å². The highest BCUT2D eigenvalue weighted by Gasteiger charge is 2.36. The van der Waals surface area contributed by atoms with E-state index in [0.29, 0.717) is 5.41 Å². The lowest BCUT2D eigenvalue weighted by Gasteiger charge is -2.40. The largest absolute Gasteiger partial charge is 0.390 e. The molecule has 0 amide bonds. The van der Waals surface area contributed by atoms with Crippen LogP contribution >= 0.6 is 11.3 Å². The zero-order chi connectivity index (χ0) is 12.5. The van der Waals surface area contributed by atoms with E-state index in [2.05, 4.69) is 32.9 Å². The normalized spacial score (nSPS) is 22.6. The van der Waals surface area contributed by atoms with Crippen molar-refractivity contribution in [2.75, 3.05) is 0 Å². The second kappa shape index (κ2) is 4.74. The van der Waals surface area contributed by atoms with Crippen molar-refractivity contribution in [1.29, 1.82) is 0 Å². The number of hydrogen-bond donors (Lipinski definition) is 1. The fraction of sp³-hybridized carbons (Fsp3) is 0.733. The molecule has 0 aliphatic heterocycles. The molecule has 1 saturated carbocycles. The van der Waals surface area contributed by atoms with Crippen LogP contribution in [0.4, 0.5) is 0 Å². The maximum absolute atomic E-state index is 10.6. The van der Waals surface area contributed by atoms with Gasteiger partial charge < -0.3 is 5.11 Å². The Bertz CT molecular complexity index is 368. The van der Waals surface area contributed by atoms with Gasteiger partial charge in [-0.1, -0.05) is 20.8 Å². The highest BCUT2D eigenvalue weighted by Crippen LogP contribution is 2.42. The van der Waals surface area contributed by atoms with Gasteiger partial charge in [0.25, 0.3) is 0 Å². The molecule has 2 heteroatoms. The second-order valence-corrected chi connectivity index (χ2v) is 7.54. The van der Waals surface area contributed by atoms with Crippen LogP contribution in [0.15, 0.2) is 12.1 Å². The molecule has 96 valence electrons. The van der Waals surface area contributed by atoms with E-state index in [9.17, 15) is 5.11 Å². The van der Waals surface area contributed by atoms with Crippen molar-refractivity contribution in [1.82, 2.24) is 0 Å². The third-order valence-corrected chi connectivity index (χ3v) is 5.33. The predicted molar refractivity (Wildman–Crippen MR) is 74.6 cm³/mol. The van der Waals surface area contributed by atoms with Crippen molar-refractivity contribution < 1.29 is 5.11 Å². The van der Waals surface area contributed by atoms with Crippen molar-refractivity contribution in [3.8, 4) is 0 Å². The molecular weight excluding hydrogens is 228 g/mol. The molecule has 1 heterocycles. The maximum atomic E-state index is 10.6. The monoisotopic (exact) mass is 252 g/mol. The number of aliphatic hydroxyl groups is 1. The zero-order valence-electron chi connectivity index (χ0n) is 11.3. The van der Waals surface area contributed by atoms with Crippen molar-refractivity contribution in [3.63, 3.8) is 0 Å². The number of thiophene rings is 1. The van der Waals surface area contributed by atoms with Gasteiger partial charge in [0, 0.05) is 16.2 Å². The molecule has 2 rings (SSSR count). The van der Waals surface area contributed by atoms with Crippen LogP contribution in [0.25, 0.3) is 0 Å². The Morgan fingerprint density at radius 2 is 1.71 bits per heavy atom. The molecular formula is C15H24OS. The minimum Gasteiger partial charge on any atom is -0.390 e. The van der Waals surface area contributed by atoms with Gasteiger partial charge in [-0.05, 0) is 49.7 Å². The van der Waals surface area contributed by atoms with Crippen molar-refractivity contribution >= 4 is 11.3 Å². The minimum atomic E-state index is -0.439. The number of rotatable bonds is 3. The van der Waals surface area contributed by atoms with Gasteiger partial charge in [-0.25, -0.2) is 0 Å². The highest BCUT2D eigenvalue weighted by atomic mass is 32.1. The summed E-state index contributed by atoms with van der Waals surface area (Å²) >= 11 is 1.86. The van der Waals surface area contributed by atoms with Crippen molar-refractivity contribution in [2.45, 2.75) is 64.9 Å². The fourth-order valence-electron chi connectivity index (χ4n) is 2.60. The van der Waals surface area contributed by atoms with Crippen LogP contribution in [0.5, 0.6) is 0 Å². The van der Waals surface area contributed by atoms with E-state index in [0.717, 1.165) is 38.5 Å². The van der Waals surface area contributed by atoms with Gasteiger partial charge in [0.15, 0.2) is 0 Å². The molecule has 1 fully saturated rings. The van der Waals surface area contributed by atoms with Gasteiger partial charge in [-0.3, -0.25) is 0 Å². The second-order valence-electron chi connectivity index (χ2n) is 6.29. The van der Waals surface area contributed by atoms with Crippen LogP contribution in [-0.2, 0) is 12.8 Å². The van der Waals surface area contributed by atoms with E-state index in [-0.39, 0.29) is 0 Å². The average molecular weight is 252 g/mol. The van der Waals surface area contributed by atoms with E-state index >= 15 is 0 Å². The summed E-state index contributed by atoms with van der Waals surface area (Å²) in [5, 5.41) is 10.6. The lowest BCUT2D eigenvalue weighted by molar-refractivity contribution is -0.0245. The summed E-state index contributed by atoms with van der Waals surface area (Å²) in [6.07, 6.45) is 6.17. The van der Waals surface area contributed by atoms with Crippen LogP contribution in [0.3, 0.4) is 0 Å². The summed E-state index contributed by atoms with van der Waals surface area (Å²) in [5.74, 6) is 0. The SMILES string of the molecule is CCc1ccc(CC2(O)CCC(C)(C)CC2)s1. The van der Waals surface area contributed by atoms with E-state index < -0.39 is 5.60 Å². The van der Waals surface area contributed by atoms with Crippen molar-refractivity contribution in [2.24, 2.45) is 5.41 Å². The molecule has 1 nitrogen and oxygen atoms in total. The van der Waals surface area contributed by atoms with Gasteiger partial charge in [0.1, 0.15) is 0 Å². The number of hydrogen-bond acceptors (Lipinski definition) is 2. The molecule has 0 spiro atoms. The van der Waals surface area contributed by atoms with Crippen molar-refractivity contribution in [3.05, 3.63) is 21.9 Å². The summed E-state index contributed by atoms with van der Waals surface area (Å²) in [6.45, 7) is 6.81. The van der Waals surface area contributed by atoms with Gasteiger partial charge in [0.05, 0.1) is 5.60 Å². The summed E-state index contributed by atoms with van der Waals surface area (Å²) in [4.78, 5) is 2.78. The van der Waals surface area contributed by atoms with E-state index in [1.165, 1.54) is 9.75 Å². The third-order valence-electron chi connectivity index (χ3n) is 4.10. The molecule has 1 N–H and O–H groups in total. The Morgan fingerprint density at radius 3 is 2.24 bits per heavy atom. The van der Waals surface area contributed by atoms with Gasteiger partial charge >= 0.3 is 0 Å². The summed E-state index contributed by atoms with van der Waals surface area (Å²) in [7, 11) is 0. The van der Waals surface area contributed by atoms with Gasteiger partial charge in [-0.15, -0.1) is 11.3 Å². The fourth-order valence-corrected chi connectivity index (χ4v) is 3.69. The van der Waals surface area contributed by atoms with Gasteiger partial charge in [0.2, 0.25) is 0 Å². The summed E-state index contributed by atoms with van der Waals surface area (Å²) in [5.41, 5.74) is -0.0123. The van der Waals surface area contributed by atoms with Crippen LogP contribution in [-0.4, -0.2) is 10.7 Å². The van der Waals surface area contributed by atoms with E-state index in [4.69, 9.17) is 0 Å². The Morgan fingerprint density at radius 1 is 1.12 bits per heavy atom. The highest BCUT2D eigenvalue weighted by molar-refractivity contribution is 7.12. The van der Waals surface area contributed by atoms with Gasteiger partial charge in [-0.2, -0.15) is 0 Å². The molecule has 0 atom stereocenters. The van der Waals surface area contributed by atoms with Crippen LogP contribution in [0.2, 0.25) is 0 Å². The molecule has 0 saturated heterocycles. The van der Waals surface area contributed by atoms with E-state index in [1.54, 1.807) is 0 Å². The van der Waals surface area contributed by atoms with Crippen LogP contribution in [0.1, 0.15) is 56.2 Å². The molecule has 0 bridgehead atoms. The first kappa shape index (κ1) is 13.1. The first-order valence-corrected chi connectivity index (χ1v) is 7.54. The smallest absolute Gasteiger partial charge is 0.0696 e. The van der Waals surface area contributed by atoms with E-state index in [1.807, 2.05) is 11.3 Å². The first-order chi connectivity index (χ1) is 7.92. The molecule has 17 heavy (non-hydrogen) atoms. The maximum Gasteiger partial charge on any atom is 0.0696 e. The molecule has 1 aromatic heterocycles. The Balaban J connectivity index is 1.98. The molecule has 1 aliphatic carbocycles. The molecule has 0 unspecified atom stereocenters. The lowest BCUT2D eigenvalue weighted by atomic mass is 9.70. The topological polar surface area (TPSA) is 20.2 Å². The number of aryl methyl sites for hydroxylation is 1. The van der Waals surface area contributed by atoms with Crippen LogP contribution in [0, 0.1) is 5.41 Å².